The van der Waals surface area contributed by atoms with Gasteiger partial charge < -0.3 is 5.11 Å². The zero-order valence-corrected chi connectivity index (χ0v) is 9.39. The molecule has 1 N–H and O–H groups in total. The zero-order chi connectivity index (χ0) is 11.4. The third-order valence-corrected chi connectivity index (χ3v) is 2.70. The molecule has 1 aromatic heterocycles. The average molecular weight is 221 g/mol. The summed E-state index contributed by atoms with van der Waals surface area (Å²) in [7, 11) is 0. The summed E-state index contributed by atoms with van der Waals surface area (Å²) in [6.07, 6.45) is 5.13. The smallest absolute Gasteiger partial charge is 0.338 e. The van der Waals surface area contributed by atoms with Crippen molar-refractivity contribution < 1.29 is 9.90 Å². The van der Waals surface area contributed by atoms with E-state index in [1.54, 1.807) is 13.0 Å². The fourth-order valence-corrected chi connectivity index (χ4v) is 2.10. The van der Waals surface area contributed by atoms with Gasteiger partial charge in [0.1, 0.15) is 5.03 Å². The van der Waals surface area contributed by atoms with Crippen molar-refractivity contribution in [2.75, 3.05) is 5.75 Å². The van der Waals surface area contributed by atoms with Gasteiger partial charge in [-0.15, -0.1) is 6.42 Å². The molecule has 0 atom stereocenters. The number of carbonyl (C=O) groups is 1. The average Bonchev–Trinajstić information content (AvgIpc) is 2.12. The summed E-state index contributed by atoms with van der Waals surface area (Å²) in [5.41, 5.74) is 1.77. The monoisotopic (exact) mass is 221 g/mol. The minimum Gasteiger partial charge on any atom is -0.478 e. The van der Waals surface area contributed by atoms with Crippen LogP contribution < -0.4 is 0 Å². The maximum atomic E-state index is 11.0. The molecule has 0 spiro atoms. The predicted molar refractivity (Wildman–Crippen MR) is 60.2 cm³/mol. The first-order chi connectivity index (χ1) is 7.06. The number of aromatic nitrogens is 1. The molecule has 0 aliphatic rings. The Morgan fingerprint density at radius 2 is 2.33 bits per heavy atom. The molecule has 1 aromatic rings. The van der Waals surface area contributed by atoms with Crippen molar-refractivity contribution in [3.8, 4) is 12.3 Å². The molecule has 0 radical (unpaired) electrons. The van der Waals surface area contributed by atoms with E-state index < -0.39 is 5.97 Å². The van der Waals surface area contributed by atoms with Crippen LogP contribution in [0.25, 0.3) is 0 Å². The molecule has 1 rings (SSSR count). The SMILES string of the molecule is C#CCSc1nc(C)cc(C)c1C(=O)O. The van der Waals surface area contributed by atoms with E-state index in [0.29, 0.717) is 10.8 Å². The van der Waals surface area contributed by atoms with Gasteiger partial charge in [0.05, 0.1) is 11.3 Å². The fourth-order valence-electron chi connectivity index (χ4n) is 1.28. The van der Waals surface area contributed by atoms with Gasteiger partial charge >= 0.3 is 5.97 Å². The van der Waals surface area contributed by atoms with Crippen LogP contribution >= 0.6 is 11.8 Å². The Morgan fingerprint density at radius 3 is 2.87 bits per heavy atom. The van der Waals surface area contributed by atoms with Crippen LogP contribution in [0.5, 0.6) is 0 Å². The van der Waals surface area contributed by atoms with Crippen molar-refractivity contribution in [1.82, 2.24) is 4.98 Å². The highest BCUT2D eigenvalue weighted by atomic mass is 32.2. The second-order valence-corrected chi connectivity index (χ2v) is 4.02. The lowest BCUT2D eigenvalue weighted by Crippen LogP contribution is -2.05. The third kappa shape index (κ3) is 2.74. The van der Waals surface area contributed by atoms with E-state index in [-0.39, 0.29) is 5.56 Å². The topological polar surface area (TPSA) is 50.2 Å². The van der Waals surface area contributed by atoms with Crippen LogP contribution in [0.2, 0.25) is 0 Å². The number of aromatic carboxylic acids is 1. The van der Waals surface area contributed by atoms with Crippen LogP contribution in [-0.2, 0) is 0 Å². The third-order valence-electron chi connectivity index (χ3n) is 1.82. The van der Waals surface area contributed by atoms with Crippen LogP contribution in [0, 0.1) is 26.2 Å². The Bertz CT molecular complexity index is 435. The van der Waals surface area contributed by atoms with Gasteiger partial charge in [0.25, 0.3) is 0 Å². The van der Waals surface area contributed by atoms with Gasteiger partial charge in [0.15, 0.2) is 0 Å². The molecule has 0 amide bonds. The summed E-state index contributed by atoms with van der Waals surface area (Å²) in [4.78, 5) is 15.2. The molecule has 0 bridgehead atoms. The summed E-state index contributed by atoms with van der Waals surface area (Å²) in [5.74, 6) is 1.92. The Kier molecular flexibility index (Phi) is 3.75. The first-order valence-corrected chi connectivity index (χ1v) is 5.32. The second kappa shape index (κ2) is 4.85. The van der Waals surface area contributed by atoms with E-state index >= 15 is 0 Å². The van der Waals surface area contributed by atoms with Crippen LogP contribution in [0.4, 0.5) is 0 Å². The van der Waals surface area contributed by atoms with Crippen molar-refractivity contribution in [3.05, 3.63) is 22.9 Å². The maximum Gasteiger partial charge on any atom is 0.338 e. The molecule has 0 saturated carbocycles. The van der Waals surface area contributed by atoms with Crippen molar-refractivity contribution in [1.29, 1.82) is 0 Å². The Balaban J connectivity index is 3.22. The molecule has 1 heterocycles. The number of nitrogens with zero attached hydrogens (tertiary/aromatic N) is 1. The molecule has 78 valence electrons. The van der Waals surface area contributed by atoms with Crippen molar-refractivity contribution in [2.24, 2.45) is 0 Å². The summed E-state index contributed by atoms with van der Waals surface area (Å²) < 4.78 is 0. The van der Waals surface area contributed by atoms with E-state index in [1.807, 2.05) is 6.92 Å². The van der Waals surface area contributed by atoms with E-state index in [0.717, 1.165) is 11.3 Å². The summed E-state index contributed by atoms with van der Waals surface area (Å²) in [6.45, 7) is 3.59. The second-order valence-electron chi connectivity index (χ2n) is 3.06. The summed E-state index contributed by atoms with van der Waals surface area (Å²) >= 11 is 1.28. The van der Waals surface area contributed by atoms with Gasteiger partial charge in [-0.25, -0.2) is 9.78 Å². The summed E-state index contributed by atoms with van der Waals surface area (Å²) in [6, 6.07) is 1.75. The van der Waals surface area contributed by atoms with Crippen molar-refractivity contribution in [2.45, 2.75) is 18.9 Å². The van der Waals surface area contributed by atoms with Crippen LogP contribution in [0.3, 0.4) is 0 Å². The standard InChI is InChI=1S/C11H11NO2S/c1-4-5-15-10-9(11(13)14)7(2)6-8(3)12-10/h1,6H,5H2,2-3H3,(H,13,14). The normalized spacial score (nSPS) is 9.67. The van der Waals surface area contributed by atoms with E-state index in [2.05, 4.69) is 10.9 Å². The highest BCUT2D eigenvalue weighted by Gasteiger charge is 2.15. The molecule has 0 saturated heterocycles. The highest BCUT2D eigenvalue weighted by Crippen LogP contribution is 2.23. The molecule has 0 aliphatic carbocycles. The maximum absolute atomic E-state index is 11.0. The van der Waals surface area contributed by atoms with E-state index in [9.17, 15) is 4.79 Å². The zero-order valence-electron chi connectivity index (χ0n) is 8.57. The van der Waals surface area contributed by atoms with Gasteiger partial charge in [0.2, 0.25) is 0 Å². The molecule has 0 unspecified atom stereocenters. The minimum atomic E-state index is -0.959. The lowest BCUT2D eigenvalue weighted by Gasteiger charge is -2.07. The van der Waals surface area contributed by atoms with Gasteiger partial charge in [-0.2, -0.15) is 0 Å². The Morgan fingerprint density at radius 1 is 1.67 bits per heavy atom. The molecule has 0 aromatic carbocycles. The molecule has 0 aliphatic heterocycles. The molecule has 4 heteroatoms. The van der Waals surface area contributed by atoms with Crippen LogP contribution in [-0.4, -0.2) is 21.8 Å². The molecule has 15 heavy (non-hydrogen) atoms. The van der Waals surface area contributed by atoms with E-state index in [1.165, 1.54) is 11.8 Å². The van der Waals surface area contributed by atoms with Crippen LogP contribution in [0.15, 0.2) is 11.1 Å². The van der Waals surface area contributed by atoms with Crippen LogP contribution in [0.1, 0.15) is 21.6 Å². The lowest BCUT2D eigenvalue weighted by atomic mass is 10.1. The first kappa shape index (κ1) is 11.6. The van der Waals surface area contributed by atoms with Gasteiger partial charge in [-0.1, -0.05) is 17.7 Å². The minimum absolute atomic E-state index is 0.251. The largest absolute Gasteiger partial charge is 0.478 e. The van der Waals surface area contributed by atoms with Crippen molar-refractivity contribution >= 4 is 17.7 Å². The Hall–Kier alpha value is -1.47. The first-order valence-electron chi connectivity index (χ1n) is 4.34. The number of hydrogen-bond donors (Lipinski definition) is 1. The highest BCUT2D eigenvalue weighted by molar-refractivity contribution is 7.99. The molecule has 3 nitrogen and oxygen atoms in total. The number of aryl methyl sites for hydroxylation is 2. The Labute approximate surface area is 92.9 Å². The molecular weight excluding hydrogens is 210 g/mol. The number of pyridine rings is 1. The number of rotatable bonds is 3. The number of hydrogen-bond acceptors (Lipinski definition) is 3. The number of carboxylic acids is 1. The lowest BCUT2D eigenvalue weighted by molar-refractivity contribution is 0.0691. The number of terminal acetylenes is 1. The quantitative estimate of drug-likeness (QED) is 0.627. The summed E-state index contributed by atoms with van der Waals surface area (Å²) in [5, 5.41) is 9.53. The number of thioether (sulfide) groups is 1. The van der Waals surface area contributed by atoms with Gasteiger partial charge in [-0.05, 0) is 25.5 Å². The van der Waals surface area contributed by atoms with Gasteiger partial charge in [0, 0.05) is 5.69 Å². The molecule has 0 fully saturated rings. The van der Waals surface area contributed by atoms with E-state index in [4.69, 9.17) is 11.5 Å². The fraction of sp³-hybridized carbons (Fsp3) is 0.273. The number of carboxylic acid groups (broad SMARTS) is 1. The molecular formula is C11H11NO2S. The van der Waals surface area contributed by atoms with Gasteiger partial charge in [-0.3, -0.25) is 0 Å². The van der Waals surface area contributed by atoms with Crippen molar-refractivity contribution in [3.63, 3.8) is 0 Å². The predicted octanol–water partition coefficient (Wildman–Crippen LogP) is 2.12.